The Kier molecular flexibility index (Phi) is 4.68. The molecule has 0 bridgehead atoms. The minimum Gasteiger partial charge on any atom is -0.317 e. The smallest absolute Gasteiger partial charge is 0.0435 e. The number of piperidine rings is 1. The van der Waals surface area contributed by atoms with E-state index >= 15 is 0 Å². The zero-order chi connectivity index (χ0) is 13.8. The van der Waals surface area contributed by atoms with E-state index in [1.165, 1.54) is 35.2 Å². The summed E-state index contributed by atoms with van der Waals surface area (Å²) >= 11 is 2.39. The van der Waals surface area contributed by atoms with Crippen LogP contribution in [0.1, 0.15) is 30.0 Å². The van der Waals surface area contributed by atoms with Crippen molar-refractivity contribution in [2.45, 2.75) is 23.2 Å². The standard InChI is InChI=1S/C17H19IN2/c18-11-13-1-3-14(4-2-13)16-5-6-17(20-12-16)15-7-9-19-10-8-15/h1-6,12,15,19H,7-11H2. The molecular formula is C17H19IN2. The van der Waals surface area contributed by atoms with E-state index in [1.54, 1.807) is 0 Å². The summed E-state index contributed by atoms with van der Waals surface area (Å²) in [5.41, 5.74) is 5.08. The van der Waals surface area contributed by atoms with Crippen molar-refractivity contribution in [3.05, 3.63) is 53.9 Å². The highest BCUT2D eigenvalue weighted by molar-refractivity contribution is 14.1. The monoisotopic (exact) mass is 378 g/mol. The molecule has 0 atom stereocenters. The predicted molar refractivity (Wildman–Crippen MR) is 92.2 cm³/mol. The normalized spacial score (nSPS) is 16.2. The minimum absolute atomic E-state index is 0.631. The van der Waals surface area contributed by atoms with Crippen LogP contribution in [0.2, 0.25) is 0 Å². The van der Waals surface area contributed by atoms with Crippen LogP contribution >= 0.6 is 22.6 Å². The van der Waals surface area contributed by atoms with Gasteiger partial charge in [-0.1, -0.05) is 52.9 Å². The van der Waals surface area contributed by atoms with Gasteiger partial charge in [0.1, 0.15) is 0 Å². The number of benzene rings is 1. The van der Waals surface area contributed by atoms with E-state index in [-0.39, 0.29) is 0 Å². The lowest BCUT2D eigenvalue weighted by atomic mass is 9.93. The van der Waals surface area contributed by atoms with Gasteiger partial charge in [0.2, 0.25) is 0 Å². The van der Waals surface area contributed by atoms with E-state index in [0.29, 0.717) is 5.92 Å². The van der Waals surface area contributed by atoms with Crippen LogP contribution in [-0.2, 0) is 4.43 Å². The largest absolute Gasteiger partial charge is 0.317 e. The quantitative estimate of drug-likeness (QED) is 0.641. The molecule has 0 unspecified atom stereocenters. The second kappa shape index (κ2) is 6.68. The number of aromatic nitrogens is 1. The molecular weight excluding hydrogens is 359 g/mol. The van der Waals surface area contributed by atoms with E-state index in [4.69, 9.17) is 4.98 Å². The number of nitrogens with one attached hydrogen (secondary N) is 1. The van der Waals surface area contributed by atoms with Crippen LogP contribution < -0.4 is 5.32 Å². The second-order valence-corrected chi connectivity index (χ2v) is 6.09. The van der Waals surface area contributed by atoms with Gasteiger partial charge in [-0.3, -0.25) is 4.98 Å². The van der Waals surface area contributed by atoms with Crippen molar-refractivity contribution in [3.8, 4) is 11.1 Å². The van der Waals surface area contributed by atoms with Crippen molar-refractivity contribution in [1.82, 2.24) is 10.3 Å². The van der Waals surface area contributed by atoms with E-state index in [1.807, 2.05) is 6.20 Å². The molecule has 3 heteroatoms. The van der Waals surface area contributed by atoms with Gasteiger partial charge >= 0.3 is 0 Å². The number of nitrogens with zero attached hydrogens (tertiary/aromatic N) is 1. The van der Waals surface area contributed by atoms with Gasteiger partial charge < -0.3 is 5.32 Å². The Morgan fingerprint density at radius 2 is 1.70 bits per heavy atom. The van der Waals surface area contributed by atoms with Crippen LogP contribution in [0.4, 0.5) is 0 Å². The molecule has 1 aliphatic heterocycles. The predicted octanol–water partition coefficient (Wildman–Crippen LogP) is 4.15. The highest BCUT2D eigenvalue weighted by atomic mass is 127. The molecule has 1 aliphatic rings. The number of alkyl halides is 1. The molecule has 0 spiro atoms. The number of hydrogen-bond donors (Lipinski definition) is 1. The maximum absolute atomic E-state index is 4.69. The summed E-state index contributed by atoms with van der Waals surface area (Å²) in [7, 11) is 0. The minimum atomic E-state index is 0.631. The zero-order valence-electron chi connectivity index (χ0n) is 11.5. The molecule has 2 nitrogen and oxygen atoms in total. The van der Waals surface area contributed by atoms with Crippen LogP contribution in [0.5, 0.6) is 0 Å². The van der Waals surface area contributed by atoms with Gasteiger partial charge in [0.15, 0.2) is 0 Å². The maximum atomic E-state index is 4.69. The number of pyridine rings is 1. The topological polar surface area (TPSA) is 24.9 Å². The third-order valence-corrected chi connectivity index (χ3v) is 4.87. The van der Waals surface area contributed by atoms with Crippen LogP contribution in [0.25, 0.3) is 11.1 Å². The molecule has 104 valence electrons. The van der Waals surface area contributed by atoms with Gasteiger partial charge in [0.25, 0.3) is 0 Å². The summed E-state index contributed by atoms with van der Waals surface area (Å²) < 4.78 is 1.06. The number of rotatable bonds is 3. The average molecular weight is 378 g/mol. The fraction of sp³-hybridized carbons (Fsp3) is 0.353. The Balaban J connectivity index is 1.77. The molecule has 1 N–H and O–H groups in total. The fourth-order valence-corrected chi connectivity index (χ4v) is 3.23. The SMILES string of the molecule is ICc1ccc(-c2ccc(C3CCNCC3)nc2)cc1. The van der Waals surface area contributed by atoms with Crippen LogP contribution in [-0.4, -0.2) is 18.1 Å². The lowest BCUT2D eigenvalue weighted by molar-refractivity contribution is 0.453. The molecule has 2 heterocycles. The summed E-state index contributed by atoms with van der Waals surface area (Å²) in [6.07, 6.45) is 4.43. The molecule has 1 aromatic heterocycles. The third-order valence-electron chi connectivity index (χ3n) is 3.99. The Morgan fingerprint density at radius 3 is 2.30 bits per heavy atom. The first-order valence-corrected chi connectivity index (χ1v) is 8.71. The van der Waals surface area contributed by atoms with Crippen molar-refractivity contribution in [3.63, 3.8) is 0 Å². The van der Waals surface area contributed by atoms with Crippen LogP contribution in [0.15, 0.2) is 42.6 Å². The summed E-state index contributed by atoms with van der Waals surface area (Å²) in [5, 5.41) is 3.40. The fourth-order valence-electron chi connectivity index (χ4n) is 2.72. The summed E-state index contributed by atoms with van der Waals surface area (Å²) in [6.45, 7) is 2.23. The van der Waals surface area contributed by atoms with Crippen molar-refractivity contribution in [1.29, 1.82) is 0 Å². The van der Waals surface area contributed by atoms with Crippen molar-refractivity contribution in [2.75, 3.05) is 13.1 Å². The Hall–Kier alpha value is -0.940. The molecule has 0 amide bonds. The summed E-state index contributed by atoms with van der Waals surface area (Å²) in [6, 6.07) is 13.2. The van der Waals surface area contributed by atoms with Gasteiger partial charge in [-0.15, -0.1) is 0 Å². The molecule has 1 aromatic carbocycles. The first-order chi connectivity index (χ1) is 9.86. The van der Waals surface area contributed by atoms with E-state index in [2.05, 4.69) is 64.3 Å². The first-order valence-electron chi connectivity index (χ1n) is 7.19. The van der Waals surface area contributed by atoms with Gasteiger partial charge in [-0.05, 0) is 43.1 Å². The number of halogens is 1. The number of hydrogen-bond acceptors (Lipinski definition) is 2. The molecule has 1 saturated heterocycles. The molecule has 0 radical (unpaired) electrons. The van der Waals surface area contributed by atoms with Crippen molar-refractivity contribution >= 4 is 22.6 Å². The molecule has 1 fully saturated rings. The van der Waals surface area contributed by atoms with Crippen molar-refractivity contribution < 1.29 is 0 Å². The zero-order valence-corrected chi connectivity index (χ0v) is 13.6. The van der Waals surface area contributed by atoms with Crippen LogP contribution in [0, 0.1) is 0 Å². The summed E-state index contributed by atoms with van der Waals surface area (Å²) in [5.74, 6) is 0.631. The Labute approximate surface area is 134 Å². The third kappa shape index (κ3) is 3.20. The highest BCUT2D eigenvalue weighted by Crippen LogP contribution is 2.26. The van der Waals surface area contributed by atoms with Gasteiger partial charge in [-0.2, -0.15) is 0 Å². The van der Waals surface area contributed by atoms with Crippen molar-refractivity contribution in [2.24, 2.45) is 0 Å². The van der Waals surface area contributed by atoms with Gasteiger partial charge in [0.05, 0.1) is 0 Å². The summed E-state index contributed by atoms with van der Waals surface area (Å²) in [4.78, 5) is 4.69. The van der Waals surface area contributed by atoms with E-state index < -0.39 is 0 Å². The molecule has 3 rings (SSSR count). The first kappa shape index (κ1) is 14.0. The molecule has 0 aliphatic carbocycles. The molecule has 2 aromatic rings. The Morgan fingerprint density at radius 1 is 1.00 bits per heavy atom. The van der Waals surface area contributed by atoms with E-state index in [9.17, 15) is 0 Å². The van der Waals surface area contributed by atoms with Gasteiger partial charge in [-0.25, -0.2) is 0 Å². The van der Waals surface area contributed by atoms with Crippen LogP contribution in [0.3, 0.4) is 0 Å². The highest BCUT2D eigenvalue weighted by Gasteiger charge is 2.16. The van der Waals surface area contributed by atoms with Gasteiger partial charge in [0, 0.05) is 27.8 Å². The Bertz CT molecular complexity index is 542. The average Bonchev–Trinajstić information content (AvgIpc) is 2.56. The van der Waals surface area contributed by atoms with E-state index in [0.717, 1.165) is 17.5 Å². The second-order valence-electron chi connectivity index (χ2n) is 5.33. The molecule has 0 saturated carbocycles. The molecule has 20 heavy (non-hydrogen) atoms. The lowest BCUT2D eigenvalue weighted by Gasteiger charge is -2.22. The lowest BCUT2D eigenvalue weighted by Crippen LogP contribution is -2.26. The maximum Gasteiger partial charge on any atom is 0.0435 e.